The first-order valence-corrected chi connectivity index (χ1v) is 4.73. The Morgan fingerprint density at radius 1 is 1.54 bits per heavy atom. The van der Waals surface area contributed by atoms with Crippen LogP contribution >= 0.6 is 0 Å². The van der Waals surface area contributed by atoms with E-state index in [2.05, 4.69) is 18.3 Å². The topological polar surface area (TPSA) is 45.0 Å². The molecule has 0 aromatic heterocycles. The zero-order valence-corrected chi connectivity index (χ0v) is 8.68. The maximum atomic E-state index is 8.78. The van der Waals surface area contributed by atoms with Crippen molar-refractivity contribution >= 4 is 0 Å². The molecule has 1 saturated heterocycles. The van der Waals surface area contributed by atoms with E-state index < -0.39 is 0 Å². The van der Waals surface area contributed by atoms with Crippen LogP contribution in [-0.4, -0.2) is 25.3 Å². The van der Waals surface area contributed by atoms with Crippen LogP contribution in [0.1, 0.15) is 27.2 Å². The van der Waals surface area contributed by atoms with Gasteiger partial charge in [0.05, 0.1) is 17.1 Å². The van der Waals surface area contributed by atoms with Gasteiger partial charge in [-0.25, -0.2) is 0 Å². The van der Waals surface area contributed by atoms with Crippen molar-refractivity contribution < 1.29 is 4.74 Å². The second-order valence-electron chi connectivity index (χ2n) is 4.65. The molecule has 74 valence electrons. The highest BCUT2D eigenvalue weighted by atomic mass is 16.5. The van der Waals surface area contributed by atoms with E-state index in [9.17, 15) is 0 Å². The van der Waals surface area contributed by atoms with E-state index in [1.165, 1.54) is 0 Å². The van der Waals surface area contributed by atoms with Crippen molar-refractivity contribution in [2.45, 2.75) is 32.8 Å². The van der Waals surface area contributed by atoms with Gasteiger partial charge >= 0.3 is 0 Å². The molecule has 0 amide bonds. The van der Waals surface area contributed by atoms with Crippen LogP contribution < -0.4 is 5.32 Å². The van der Waals surface area contributed by atoms with E-state index in [0.717, 1.165) is 19.5 Å². The molecule has 0 saturated carbocycles. The summed E-state index contributed by atoms with van der Waals surface area (Å²) >= 11 is 0. The average molecular weight is 182 g/mol. The zero-order valence-electron chi connectivity index (χ0n) is 8.68. The Kier molecular flexibility index (Phi) is 2.94. The van der Waals surface area contributed by atoms with Crippen LogP contribution in [0.4, 0.5) is 0 Å². The van der Waals surface area contributed by atoms with Gasteiger partial charge in [-0.2, -0.15) is 5.26 Å². The van der Waals surface area contributed by atoms with Gasteiger partial charge in [-0.3, -0.25) is 0 Å². The molecule has 0 aromatic carbocycles. The predicted molar refractivity (Wildman–Crippen MR) is 51.2 cm³/mol. The highest BCUT2D eigenvalue weighted by Crippen LogP contribution is 2.21. The first kappa shape index (κ1) is 10.5. The number of nitriles is 1. The van der Waals surface area contributed by atoms with Gasteiger partial charge < -0.3 is 10.1 Å². The molecule has 1 aliphatic rings. The summed E-state index contributed by atoms with van der Waals surface area (Å²) in [6.07, 6.45) is 0.805. The highest BCUT2D eigenvalue weighted by Gasteiger charge is 2.32. The Morgan fingerprint density at radius 3 is 2.54 bits per heavy atom. The molecule has 0 unspecified atom stereocenters. The molecule has 0 aliphatic carbocycles. The lowest BCUT2D eigenvalue weighted by Crippen LogP contribution is -2.59. The number of rotatable bonds is 4. The van der Waals surface area contributed by atoms with Crippen molar-refractivity contribution in [2.75, 3.05) is 19.7 Å². The molecule has 0 spiro atoms. The third kappa shape index (κ3) is 2.98. The lowest BCUT2D eigenvalue weighted by Gasteiger charge is -2.39. The molecule has 1 aliphatic heterocycles. The van der Waals surface area contributed by atoms with Crippen LogP contribution in [-0.2, 0) is 4.74 Å². The van der Waals surface area contributed by atoms with Gasteiger partial charge in [-0.05, 0) is 27.2 Å². The van der Waals surface area contributed by atoms with Crippen molar-refractivity contribution in [1.82, 2.24) is 5.32 Å². The number of nitrogens with one attached hydrogen (secondary N) is 1. The Hall–Kier alpha value is -0.590. The van der Waals surface area contributed by atoms with Crippen LogP contribution in [0.25, 0.3) is 0 Å². The molecule has 0 atom stereocenters. The quantitative estimate of drug-likeness (QED) is 0.713. The van der Waals surface area contributed by atoms with Crippen molar-refractivity contribution in [3.05, 3.63) is 0 Å². The molecule has 3 nitrogen and oxygen atoms in total. The fourth-order valence-corrected chi connectivity index (χ4v) is 1.19. The molecule has 13 heavy (non-hydrogen) atoms. The second kappa shape index (κ2) is 3.65. The Balaban J connectivity index is 2.18. The first-order valence-electron chi connectivity index (χ1n) is 4.73. The summed E-state index contributed by atoms with van der Waals surface area (Å²) in [7, 11) is 0. The summed E-state index contributed by atoms with van der Waals surface area (Å²) in [5, 5.41) is 12.0. The fourth-order valence-electron chi connectivity index (χ4n) is 1.19. The van der Waals surface area contributed by atoms with Gasteiger partial charge in [0.25, 0.3) is 0 Å². The van der Waals surface area contributed by atoms with E-state index in [4.69, 9.17) is 10.00 Å². The number of ether oxygens (including phenoxy) is 1. The van der Waals surface area contributed by atoms with Gasteiger partial charge in [0.2, 0.25) is 0 Å². The van der Waals surface area contributed by atoms with Crippen molar-refractivity contribution in [3.63, 3.8) is 0 Å². The number of hydrogen-bond donors (Lipinski definition) is 1. The smallest absolute Gasteiger partial charge is 0.0901 e. The third-order valence-corrected chi connectivity index (χ3v) is 2.48. The maximum Gasteiger partial charge on any atom is 0.0901 e. The summed E-state index contributed by atoms with van der Waals surface area (Å²) in [5.74, 6) is 0. The summed E-state index contributed by atoms with van der Waals surface area (Å²) < 4.78 is 5.69. The second-order valence-corrected chi connectivity index (χ2v) is 4.65. The van der Waals surface area contributed by atoms with Gasteiger partial charge in [0, 0.05) is 19.7 Å². The highest BCUT2D eigenvalue weighted by molar-refractivity contribution is 4.93. The van der Waals surface area contributed by atoms with Gasteiger partial charge in [-0.1, -0.05) is 0 Å². The molecular weight excluding hydrogens is 164 g/mol. The molecule has 0 aromatic rings. The normalized spacial score (nSPS) is 20.5. The molecule has 1 N–H and O–H groups in total. The predicted octanol–water partition coefficient (Wildman–Crippen LogP) is 1.30. The van der Waals surface area contributed by atoms with Crippen LogP contribution in [0.15, 0.2) is 0 Å². The van der Waals surface area contributed by atoms with Crippen LogP contribution in [0.5, 0.6) is 0 Å². The summed E-state index contributed by atoms with van der Waals surface area (Å²) in [5.41, 5.74) is -0.237. The fraction of sp³-hybridized carbons (Fsp3) is 0.900. The first-order chi connectivity index (χ1) is 5.97. The standard InChI is InChI=1S/C10H18N2O/c1-9(2,6-11)4-5-13-10(3)7-12-8-10/h12H,4-5,7-8H2,1-3H3. The summed E-state index contributed by atoms with van der Waals surface area (Å²) in [4.78, 5) is 0. The molecule has 1 rings (SSSR count). The average Bonchev–Trinajstić information content (AvgIpc) is 2.01. The van der Waals surface area contributed by atoms with Crippen molar-refractivity contribution in [2.24, 2.45) is 5.41 Å². The van der Waals surface area contributed by atoms with Gasteiger partial charge in [0.1, 0.15) is 0 Å². The van der Waals surface area contributed by atoms with Crippen LogP contribution in [0, 0.1) is 16.7 Å². The SMILES string of the molecule is CC(C)(C#N)CCOC1(C)CNC1. The van der Waals surface area contributed by atoms with Crippen molar-refractivity contribution in [1.29, 1.82) is 5.26 Å². The molecule has 1 heterocycles. The zero-order chi connectivity index (χ0) is 9.95. The van der Waals surface area contributed by atoms with Crippen molar-refractivity contribution in [3.8, 4) is 6.07 Å². The Bertz CT molecular complexity index is 213. The lowest BCUT2D eigenvalue weighted by atomic mass is 9.92. The maximum absolute atomic E-state index is 8.78. The molecule has 0 bridgehead atoms. The minimum absolute atomic E-state index is 0.0194. The Morgan fingerprint density at radius 2 is 2.15 bits per heavy atom. The van der Waals surface area contributed by atoms with Crippen LogP contribution in [0.3, 0.4) is 0 Å². The third-order valence-electron chi connectivity index (χ3n) is 2.48. The minimum atomic E-state index is -0.256. The number of nitrogens with zero attached hydrogens (tertiary/aromatic N) is 1. The summed E-state index contributed by atoms with van der Waals surface area (Å²) in [6.45, 7) is 8.52. The number of hydrogen-bond acceptors (Lipinski definition) is 3. The Labute approximate surface area is 80.1 Å². The van der Waals surface area contributed by atoms with E-state index in [-0.39, 0.29) is 11.0 Å². The van der Waals surface area contributed by atoms with E-state index in [1.54, 1.807) is 0 Å². The van der Waals surface area contributed by atoms with Gasteiger partial charge in [0.15, 0.2) is 0 Å². The van der Waals surface area contributed by atoms with Crippen LogP contribution in [0.2, 0.25) is 0 Å². The molecular formula is C10H18N2O. The van der Waals surface area contributed by atoms with Gasteiger partial charge in [-0.15, -0.1) is 0 Å². The minimum Gasteiger partial charge on any atom is -0.373 e. The lowest BCUT2D eigenvalue weighted by molar-refractivity contribution is -0.0719. The molecule has 3 heteroatoms. The molecule has 1 fully saturated rings. The van der Waals surface area contributed by atoms with E-state index in [0.29, 0.717) is 6.61 Å². The summed E-state index contributed by atoms with van der Waals surface area (Å²) in [6, 6.07) is 2.27. The largest absolute Gasteiger partial charge is 0.373 e. The molecule has 0 radical (unpaired) electrons. The van der Waals surface area contributed by atoms with E-state index >= 15 is 0 Å². The van der Waals surface area contributed by atoms with E-state index in [1.807, 2.05) is 13.8 Å². The monoisotopic (exact) mass is 182 g/mol.